The van der Waals surface area contributed by atoms with E-state index >= 15 is 0 Å². The van der Waals surface area contributed by atoms with E-state index in [1.807, 2.05) is 4.90 Å². The molecular formula is C19H34N2O4S. The van der Waals surface area contributed by atoms with Crippen LogP contribution in [-0.4, -0.2) is 69.2 Å². The quantitative estimate of drug-likeness (QED) is 0.742. The molecule has 0 N–H and O–H groups in total. The van der Waals surface area contributed by atoms with E-state index in [0.717, 1.165) is 64.0 Å². The molecule has 3 rings (SSSR count). The second kappa shape index (κ2) is 7.76. The lowest BCUT2D eigenvalue weighted by atomic mass is 9.76. The molecule has 26 heavy (non-hydrogen) atoms. The highest BCUT2D eigenvalue weighted by atomic mass is 32.2. The molecular weight excluding hydrogens is 352 g/mol. The zero-order chi connectivity index (χ0) is 18.9. The summed E-state index contributed by atoms with van der Waals surface area (Å²) in [4.78, 5) is 14.9. The second-order valence-electron chi connectivity index (χ2n) is 8.90. The van der Waals surface area contributed by atoms with Gasteiger partial charge in [-0.05, 0) is 56.3 Å². The number of sulfonamides is 1. The van der Waals surface area contributed by atoms with Gasteiger partial charge in [0.25, 0.3) is 0 Å². The standard InChI is InChI=1S/C19H34N2O4S/c1-15-4-6-16(7-5-15)18(22)20-10-8-19(9-11-20)12-17(13-25-2)21(14-19)26(3,23)24/h15-17H,4-14H2,1-3H3/t15?,16?,17-/m0/s1. The largest absolute Gasteiger partial charge is 0.383 e. The van der Waals surface area contributed by atoms with Gasteiger partial charge in [0.05, 0.1) is 12.9 Å². The molecule has 1 aliphatic carbocycles. The Morgan fingerprint density at radius 3 is 2.31 bits per heavy atom. The first-order chi connectivity index (χ1) is 12.2. The molecule has 0 aromatic rings. The van der Waals surface area contributed by atoms with E-state index in [1.54, 1.807) is 11.4 Å². The predicted octanol–water partition coefficient (Wildman–Crippen LogP) is 2.10. The minimum absolute atomic E-state index is 0.00410. The molecule has 1 saturated carbocycles. The van der Waals surface area contributed by atoms with Crippen LogP contribution >= 0.6 is 0 Å². The number of carbonyl (C=O) groups excluding carboxylic acids is 1. The van der Waals surface area contributed by atoms with Crippen molar-refractivity contribution < 1.29 is 17.9 Å². The number of ether oxygens (including phenoxy) is 1. The van der Waals surface area contributed by atoms with Crippen LogP contribution < -0.4 is 0 Å². The van der Waals surface area contributed by atoms with E-state index in [4.69, 9.17) is 4.74 Å². The minimum atomic E-state index is -3.23. The summed E-state index contributed by atoms with van der Waals surface area (Å²) >= 11 is 0. The number of carbonyl (C=O) groups is 1. The molecule has 3 aliphatic rings. The van der Waals surface area contributed by atoms with Gasteiger partial charge in [0.15, 0.2) is 0 Å². The fourth-order valence-electron chi connectivity index (χ4n) is 5.18. The maximum Gasteiger partial charge on any atom is 0.225 e. The smallest absolute Gasteiger partial charge is 0.225 e. The molecule has 0 aromatic heterocycles. The highest BCUT2D eigenvalue weighted by molar-refractivity contribution is 7.88. The number of methoxy groups -OCH3 is 1. The summed E-state index contributed by atoms with van der Waals surface area (Å²) in [6.45, 7) is 4.82. The van der Waals surface area contributed by atoms with Gasteiger partial charge in [-0.3, -0.25) is 4.79 Å². The molecule has 2 aliphatic heterocycles. The van der Waals surface area contributed by atoms with Crippen molar-refractivity contribution >= 4 is 15.9 Å². The molecule has 0 unspecified atom stereocenters. The van der Waals surface area contributed by atoms with Crippen LogP contribution in [0.3, 0.4) is 0 Å². The molecule has 6 nitrogen and oxygen atoms in total. The number of rotatable bonds is 4. The Kier molecular flexibility index (Phi) is 5.99. The fourth-order valence-corrected chi connectivity index (χ4v) is 6.36. The van der Waals surface area contributed by atoms with Crippen molar-refractivity contribution in [3.8, 4) is 0 Å². The summed E-state index contributed by atoms with van der Waals surface area (Å²) in [5, 5.41) is 0. The van der Waals surface area contributed by atoms with E-state index in [2.05, 4.69) is 6.92 Å². The summed E-state index contributed by atoms with van der Waals surface area (Å²) in [7, 11) is -1.61. The van der Waals surface area contributed by atoms with Crippen molar-refractivity contribution in [2.24, 2.45) is 17.3 Å². The molecule has 1 spiro atoms. The second-order valence-corrected chi connectivity index (χ2v) is 10.8. The molecule has 0 radical (unpaired) electrons. The molecule has 3 fully saturated rings. The molecule has 2 heterocycles. The Morgan fingerprint density at radius 1 is 1.15 bits per heavy atom. The van der Waals surface area contributed by atoms with Crippen molar-refractivity contribution in [1.29, 1.82) is 0 Å². The van der Waals surface area contributed by atoms with E-state index in [9.17, 15) is 13.2 Å². The van der Waals surface area contributed by atoms with Crippen molar-refractivity contribution in [1.82, 2.24) is 9.21 Å². The SMILES string of the molecule is COC[C@@H]1CC2(CCN(C(=O)C3CCC(C)CC3)CC2)CN1S(C)(=O)=O. The number of hydrogen-bond acceptors (Lipinski definition) is 4. The summed E-state index contributed by atoms with van der Waals surface area (Å²) < 4.78 is 31.2. The van der Waals surface area contributed by atoms with E-state index in [0.29, 0.717) is 19.1 Å². The number of amides is 1. The Balaban J connectivity index is 1.60. The first-order valence-electron chi connectivity index (χ1n) is 9.99. The lowest BCUT2D eigenvalue weighted by molar-refractivity contribution is -0.139. The monoisotopic (exact) mass is 386 g/mol. The normalized spacial score (nSPS) is 32.9. The Hall–Kier alpha value is -0.660. The van der Waals surface area contributed by atoms with Crippen molar-refractivity contribution in [2.75, 3.05) is 39.6 Å². The number of nitrogens with zero attached hydrogens (tertiary/aromatic N) is 2. The van der Waals surface area contributed by atoms with Crippen LogP contribution in [0.4, 0.5) is 0 Å². The van der Waals surface area contributed by atoms with Gasteiger partial charge < -0.3 is 9.64 Å². The third-order valence-electron chi connectivity index (χ3n) is 6.85. The lowest BCUT2D eigenvalue weighted by Crippen LogP contribution is -2.47. The van der Waals surface area contributed by atoms with Crippen LogP contribution in [0.15, 0.2) is 0 Å². The number of hydrogen-bond donors (Lipinski definition) is 0. The van der Waals surface area contributed by atoms with E-state index in [1.165, 1.54) is 6.26 Å². The van der Waals surface area contributed by atoms with Gasteiger partial charge in [-0.25, -0.2) is 8.42 Å². The van der Waals surface area contributed by atoms with Crippen LogP contribution in [0.25, 0.3) is 0 Å². The van der Waals surface area contributed by atoms with Crippen LogP contribution in [0, 0.1) is 17.3 Å². The third-order valence-corrected chi connectivity index (χ3v) is 8.13. The highest BCUT2D eigenvalue weighted by Gasteiger charge is 2.49. The lowest BCUT2D eigenvalue weighted by Gasteiger charge is -2.41. The van der Waals surface area contributed by atoms with Crippen LogP contribution in [0.1, 0.15) is 51.9 Å². The van der Waals surface area contributed by atoms with Gasteiger partial charge >= 0.3 is 0 Å². The van der Waals surface area contributed by atoms with Gasteiger partial charge in [-0.2, -0.15) is 4.31 Å². The van der Waals surface area contributed by atoms with Crippen molar-refractivity contribution in [3.63, 3.8) is 0 Å². The molecule has 2 saturated heterocycles. The number of piperidine rings is 1. The average molecular weight is 387 g/mol. The van der Waals surface area contributed by atoms with Crippen LogP contribution in [0.5, 0.6) is 0 Å². The van der Waals surface area contributed by atoms with Crippen LogP contribution in [-0.2, 0) is 19.6 Å². The predicted molar refractivity (Wildman–Crippen MR) is 101 cm³/mol. The van der Waals surface area contributed by atoms with Gasteiger partial charge in [0.1, 0.15) is 0 Å². The summed E-state index contributed by atoms with van der Waals surface area (Å²) in [6.07, 6.45) is 8.31. The van der Waals surface area contributed by atoms with Crippen molar-refractivity contribution in [2.45, 2.75) is 57.9 Å². The zero-order valence-electron chi connectivity index (χ0n) is 16.4. The zero-order valence-corrected chi connectivity index (χ0v) is 17.3. The van der Waals surface area contributed by atoms with Crippen LogP contribution in [0.2, 0.25) is 0 Å². The summed E-state index contributed by atoms with van der Waals surface area (Å²) in [5.74, 6) is 1.29. The molecule has 1 amide bonds. The fraction of sp³-hybridized carbons (Fsp3) is 0.947. The maximum absolute atomic E-state index is 12.9. The van der Waals surface area contributed by atoms with Crippen molar-refractivity contribution in [3.05, 3.63) is 0 Å². The molecule has 7 heteroatoms. The third kappa shape index (κ3) is 4.25. The summed E-state index contributed by atoms with van der Waals surface area (Å²) in [6, 6.07) is -0.0721. The topological polar surface area (TPSA) is 66.9 Å². The van der Waals surface area contributed by atoms with Gasteiger partial charge in [0, 0.05) is 38.7 Å². The molecule has 0 bridgehead atoms. The number of likely N-dealkylation sites (tertiary alicyclic amines) is 1. The Labute approximate surface area is 158 Å². The van der Waals surface area contributed by atoms with Gasteiger partial charge in [0.2, 0.25) is 15.9 Å². The summed E-state index contributed by atoms with van der Waals surface area (Å²) in [5.41, 5.74) is 0.00410. The Morgan fingerprint density at radius 2 is 1.77 bits per heavy atom. The molecule has 150 valence electrons. The minimum Gasteiger partial charge on any atom is -0.383 e. The molecule has 1 atom stereocenters. The Bertz CT molecular complexity index is 605. The van der Waals surface area contributed by atoms with E-state index < -0.39 is 10.0 Å². The van der Waals surface area contributed by atoms with E-state index in [-0.39, 0.29) is 17.4 Å². The highest BCUT2D eigenvalue weighted by Crippen LogP contribution is 2.44. The first kappa shape index (κ1) is 20.1. The van der Waals surface area contributed by atoms with Gasteiger partial charge in [-0.1, -0.05) is 6.92 Å². The first-order valence-corrected chi connectivity index (χ1v) is 11.8. The maximum atomic E-state index is 12.9. The average Bonchev–Trinajstić information content (AvgIpc) is 2.94. The molecule has 0 aromatic carbocycles. The van der Waals surface area contributed by atoms with Gasteiger partial charge in [-0.15, -0.1) is 0 Å².